The van der Waals surface area contributed by atoms with Gasteiger partial charge in [0.05, 0.1) is 0 Å². The van der Waals surface area contributed by atoms with Gasteiger partial charge in [-0.3, -0.25) is 10.2 Å². The fourth-order valence-electron chi connectivity index (χ4n) is 2.47. The highest BCUT2D eigenvalue weighted by Gasteiger charge is 2.14. The lowest BCUT2D eigenvalue weighted by Crippen LogP contribution is -2.39. The highest BCUT2D eigenvalue weighted by Crippen LogP contribution is 2.23. The van der Waals surface area contributed by atoms with Crippen LogP contribution >= 0.6 is 0 Å². The lowest BCUT2D eigenvalue weighted by molar-refractivity contribution is 0.0930. The third-order valence-corrected chi connectivity index (χ3v) is 3.71. The summed E-state index contributed by atoms with van der Waals surface area (Å²) in [6, 6.07) is 7.60. The number of benzene rings is 1. The van der Waals surface area contributed by atoms with E-state index in [-0.39, 0.29) is 5.91 Å². The van der Waals surface area contributed by atoms with Crippen molar-refractivity contribution < 1.29 is 4.79 Å². The van der Waals surface area contributed by atoms with Gasteiger partial charge in [0.25, 0.3) is 5.91 Å². The standard InChI is InChI=1S/C15H23N3O/c1-18(2)14-9-7-13(8-10-14)15(19)17-16-11-12-5-3-4-6-12/h7-10,12,16H,3-6,11H2,1-2H3,(H,17,19). The van der Waals surface area contributed by atoms with Crippen LogP contribution in [0, 0.1) is 5.92 Å². The average molecular weight is 261 g/mol. The zero-order chi connectivity index (χ0) is 13.7. The number of anilines is 1. The van der Waals surface area contributed by atoms with Gasteiger partial charge in [0.15, 0.2) is 0 Å². The topological polar surface area (TPSA) is 44.4 Å². The molecule has 104 valence electrons. The van der Waals surface area contributed by atoms with E-state index in [4.69, 9.17) is 0 Å². The first-order chi connectivity index (χ1) is 9.16. The molecule has 1 aliphatic rings. The van der Waals surface area contributed by atoms with Crippen LogP contribution in [0.4, 0.5) is 5.69 Å². The Morgan fingerprint density at radius 1 is 1.21 bits per heavy atom. The summed E-state index contributed by atoms with van der Waals surface area (Å²) in [6.45, 7) is 0.877. The molecule has 0 atom stereocenters. The van der Waals surface area contributed by atoms with E-state index in [2.05, 4.69) is 10.9 Å². The second-order valence-electron chi connectivity index (χ2n) is 5.43. The summed E-state index contributed by atoms with van der Waals surface area (Å²) in [7, 11) is 3.97. The van der Waals surface area contributed by atoms with Crippen LogP contribution in [-0.4, -0.2) is 26.5 Å². The van der Waals surface area contributed by atoms with E-state index in [9.17, 15) is 4.79 Å². The number of hydrazine groups is 1. The number of hydrogen-bond donors (Lipinski definition) is 2. The Morgan fingerprint density at radius 2 is 1.84 bits per heavy atom. The molecule has 0 unspecified atom stereocenters. The molecule has 0 aliphatic heterocycles. The van der Waals surface area contributed by atoms with Gasteiger partial charge in [-0.2, -0.15) is 0 Å². The molecule has 0 bridgehead atoms. The minimum Gasteiger partial charge on any atom is -0.378 e. The second-order valence-corrected chi connectivity index (χ2v) is 5.43. The second kappa shape index (κ2) is 6.57. The number of nitrogens with one attached hydrogen (secondary N) is 2. The van der Waals surface area contributed by atoms with Crippen molar-refractivity contribution in [2.45, 2.75) is 25.7 Å². The van der Waals surface area contributed by atoms with E-state index < -0.39 is 0 Å². The van der Waals surface area contributed by atoms with E-state index in [1.807, 2.05) is 43.3 Å². The first-order valence-electron chi connectivity index (χ1n) is 6.97. The number of nitrogens with zero attached hydrogens (tertiary/aromatic N) is 1. The molecule has 2 N–H and O–H groups in total. The molecular formula is C15H23N3O. The monoisotopic (exact) mass is 261 g/mol. The minimum absolute atomic E-state index is 0.0664. The number of carbonyl (C=O) groups is 1. The van der Waals surface area contributed by atoms with Gasteiger partial charge in [0.2, 0.25) is 0 Å². The third kappa shape index (κ3) is 3.96. The van der Waals surface area contributed by atoms with Crippen LogP contribution < -0.4 is 15.8 Å². The molecule has 1 aliphatic carbocycles. The van der Waals surface area contributed by atoms with Gasteiger partial charge in [-0.05, 0) is 43.0 Å². The number of amides is 1. The van der Waals surface area contributed by atoms with Crippen LogP contribution in [0.1, 0.15) is 36.0 Å². The maximum Gasteiger partial charge on any atom is 0.265 e. The summed E-state index contributed by atoms with van der Waals surface area (Å²) >= 11 is 0. The van der Waals surface area contributed by atoms with Gasteiger partial charge in [-0.25, -0.2) is 5.43 Å². The molecule has 4 nitrogen and oxygen atoms in total. The van der Waals surface area contributed by atoms with Crippen molar-refractivity contribution >= 4 is 11.6 Å². The lowest BCUT2D eigenvalue weighted by Gasteiger charge is -2.14. The number of hydrogen-bond acceptors (Lipinski definition) is 3. The molecule has 0 aromatic heterocycles. The highest BCUT2D eigenvalue weighted by atomic mass is 16.2. The molecule has 19 heavy (non-hydrogen) atoms. The molecule has 4 heteroatoms. The molecular weight excluding hydrogens is 238 g/mol. The van der Waals surface area contributed by atoms with E-state index in [0.29, 0.717) is 5.56 Å². The molecule has 1 amide bonds. The molecule has 0 saturated heterocycles. The largest absolute Gasteiger partial charge is 0.378 e. The third-order valence-electron chi connectivity index (χ3n) is 3.71. The summed E-state index contributed by atoms with van der Waals surface area (Å²) in [5, 5.41) is 0. The van der Waals surface area contributed by atoms with Gasteiger partial charge >= 0.3 is 0 Å². The predicted molar refractivity (Wildman–Crippen MR) is 78.2 cm³/mol. The number of rotatable bonds is 5. The summed E-state index contributed by atoms with van der Waals surface area (Å²) in [4.78, 5) is 13.9. The average Bonchev–Trinajstić information content (AvgIpc) is 2.92. The van der Waals surface area contributed by atoms with Crippen molar-refractivity contribution in [1.82, 2.24) is 10.9 Å². The smallest absolute Gasteiger partial charge is 0.265 e. The molecule has 1 fully saturated rings. The van der Waals surface area contributed by atoms with Crippen molar-refractivity contribution in [3.05, 3.63) is 29.8 Å². The molecule has 0 heterocycles. The normalized spacial score (nSPS) is 15.5. The van der Waals surface area contributed by atoms with Crippen molar-refractivity contribution in [1.29, 1.82) is 0 Å². The van der Waals surface area contributed by atoms with Crippen LogP contribution in [0.15, 0.2) is 24.3 Å². The van der Waals surface area contributed by atoms with Gasteiger partial charge in [0, 0.05) is 31.9 Å². The van der Waals surface area contributed by atoms with Crippen molar-refractivity contribution in [2.24, 2.45) is 5.92 Å². The van der Waals surface area contributed by atoms with Crippen LogP contribution in [0.25, 0.3) is 0 Å². The summed E-state index contributed by atoms with van der Waals surface area (Å²) in [5.74, 6) is 0.653. The zero-order valence-electron chi connectivity index (χ0n) is 11.8. The fourth-order valence-corrected chi connectivity index (χ4v) is 2.47. The minimum atomic E-state index is -0.0664. The van der Waals surface area contributed by atoms with Crippen molar-refractivity contribution in [3.63, 3.8) is 0 Å². The summed E-state index contributed by atoms with van der Waals surface area (Å²) in [5.41, 5.74) is 7.60. The van der Waals surface area contributed by atoms with Crippen molar-refractivity contribution in [2.75, 3.05) is 25.5 Å². The Hall–Kier alpha value is -1.55. The van der Waals surface area contributed by atoms with Gasteiger partial charge in [-0.1, -0.05) is 12.8 Å². The molecule has 2 rings (SSSR count). The Bertz CT molecular complexity index is 408. The maximum atomic E-state index is 11.9. The van der Waals surface area contributed by atoms with Crippen LogP contribution in [0.5, 0.6) is 0 Å². The van der Waals surface area contributed by atoms with Crippen LogP contribution in [0.2, 0.25) is 0 Å². The Balaban J connectivity index is 1.78. The predicted octanol–water partition coefficient (Wildman–Crippen LogP) is 2.18. The van der Waals surface area contributed by atoms with E-state index in [1.54, 1.807) is 0 Å². The maximum absolute atomic E-state index is 11.9. The molecule has 1 aromatic carbocycles. The van der Waals surface area contributed by atoms with E-state index >= 15 is 0 Å². The highest BCUT2D eigenvalue weighted by molar-refractivity contribution is 5.94. The Kier molecular flexibility index (Phi) is 4.80. The van der Waals surface area contributed by atoms with Crippen LogP contribution in [0.3, 0.4) is 0 Å². The molecule has 0 radical (unpaired) electrons. The quantitative estimate of drug-likeness (QED) is 0.799. The molecule has 0 spiro atoms. The van der Waals surface area contributed by atoms with E-state index in [0.717, 1.165) is 18.2 Å². The van der Waals surface area contributed by atoms with Crippen LogP contribution in [-0.2, 0) is 0 Å². The zero-order valence-corrected chi connectivity index (χ0v) is 11.8. The number of carbonyl (C=O) groups excluding carboxylic acids is 1. The molecule has 1 saturated carbocycles. The summed E-state index contributed by atoms with van der Waals surface area (Å²) < 4.78 is 0. The SMILES string of the molecule is CN(C)c1ccc(C(=O)NNCC2CCCC2)cc1. The summed E-state index contributed by atoms with van der Waals surface area (Å²) in [6.07, 6.45) is 5.21. The van der Waals surface area contributed by atoms with Gasteiger partial charge in [0.1, 0.15) is 0 Å². The van der Waals surface area contributed by atoms with E-state index in [1.165, 1.54) is 25.7 Å². The first-order valence-corrected chi connectivity index (χ1v) is 6.97. The fraction of sp³-hybridized carbons (Fsp3) is 0.533. The van der Waals surface area contributed by atoms with Crippen molar-refractivity contribution in [3.8, 4) is 0 Å². The Morgan fingerprint density at radius 3 is 2.42 bits per heavy atom. The Labute approximate surface area is 115 Å². The van der Waals surface area contributed by atoms with Gasteiger partial charge in [-0.15, -0.1) is 0 Å². The first kappa shape index (κ1) is 13.9. The lowest BCUT2D eigenvalue weighted by atomic mass is 10.1. The van der Waals surface area contributed by atoms with Gasteiger partial charge < -0.3 is 4.90 Å². The molecule has 1 aromatic rings.